The summed E-state index contributed by atoms with van der Waals surface area (Å²) >= 11 is 0. The second-order valence-electron chi connectivity index (χ2n) is 6.67. The zero-order valence-corrected chi connectivity index (χ0v) is 16.7. The Balaban J connectivity index is 1.99. The van der Waals surface area contributed by atoms with Gasteiger partial charge in [-0.25, -0.2) is 4.79 Å². The topological polar surface area (TPSA) is 75.0 Å². The Kier molecular flexibility index (Phi) is 6.53. The van der Waals surface area contributed by atoms with Crippen molar-refractivity contribution in [2.75, 3.05) is 13.2 Å². The maximum Gasteiger partial charge on any atom is 0.453 e. The van der Waals surface area contributed by atoms with Crippen molar-refractivity contribution < 1.29 is 36.6 Å². The van der Waals surface area contributed by atoms with Gasteiger partial charge in [-0.15, -0.1) is 0 Å². The molecule has 0 spiro atoms. The van der Waals surface area contributed by atoms with Crippen molar-refractivity contribution in [2.45, 2.75) is 26.4 Å². The summed E-state index contributed by atoms with van der Waals surface area (Å²) in [4.78, 5) is 24.3. The maximum absolute atomic E-state index is 13.6. The zero-order valence-electron chi connectivity index (χ0n) is 16.7. The fourth-order valence-electron chi connectivity index (χ4n) is 2.72. The van der Waals surface area contributed by atoms with E-state index in [4.69, 9.17) is 18.6 Å². The Morgan fingerprint density at radius 2 is 1.87 bits per heavy atom. The number of benzene rings is 2. The van der Waals surface area contributed by atoms with Crippen LogP contribution in [0.4, 0.5) is 13.2 Å². The molecule has 0 amide bonds. The first-order chi connectivity index (χ1) is 14.7. The molecule has 0 saturated heterocycles. The standard InChI is InChI=1S/C22H19F3O6/c1-3-9-28-18(26)12-29-14-7-8-16-17(11-14)31-21(22(23,24)25)20(19(16)27)30-15-6-4-5-13(2)10-15/h4-8,10-11H,3,9,12H2,1-2H3. The van der Waals surface area contributed by atoms with Gasteiger partial charge in [-0.05, 0) is 43.2 Å². The van der Waals surface area contributed by atoms with E-state index in [1.54, 1.807) is 19.1 Å². The predicted octanol–water partition coefficient (Wildman–Crippen LogP) is 5.24. The molecule has 0 aliphatic rings. The van der Waals surface area contributed by atoms with Crippen LogP contribution in [0.15, 0.2) is 51.7 Å². The van der Waals surface area contributed by atoms with Gasteiger partial charge in [0.1, 0.15) is 17.1 Å². The highest BCUT2D eigenvalue weighted by Crippen LogP contribution is 2.38. The predicted molar refractivity (Wildman–Crippen MR) is 105 cm³/mol. The van der Waals surface area contributed by atoms with Crippen LogP contribution in [0.2, 0.25) is 0 Å². The maximum atomic E-state index is 13.6. The SMILES string of the molecule is CCCOC(=O)COc1ccc2c(=O)c(Oc3cccc(C)c3)c(C(F)(F)F)oc2c1. The Morgan fingerprint density at radius 1 is 1.10 bits per heavy atom. The number of rotatable bonds is 7. The molecule has 6 nitrogen and oxygen atoms in total. The molecule has 1 heterocycles. The van der Waals surface area contributed by atoms with Gasteiger partial charge in [-0.3, -0.25) is 4.79 Å². The molecular weight excluding hydrogens is 417 g/mol. The summed E-state index contributed by atoms with van der Waals surface area (Å²) in [5.41, 5.74) is -0.590. The lowest BCUT2D eigenvalue weighted by molar-refractivity contribution is -0.154. The van der Waals surface area contributed by atoms with Crippen molar-refractivity contribution in [3.05, 3.63) is 64.0 Å². The molecule has 0 saturated carbocycles. The van der Waals surface area contributed by atoms with Crippen molar-refractivity contribution in [2.24, 2.45) is 0 Å². The van der Waals surface area contributed by atoms with Crippen molar-refractivity contribution in [1.82, 2.24) is 0 Å². The van der Waals surface area contributed by atoms with Crippen LogP contribution in [-0.2, 0) is 15.7 Å². The second kappa shape index (κ2) is 9.11. The molecule has 1 aromatic heterocycles. The summed E-state index contributed by atoms with van der Waals surface area (Å²) < 4.78 is 61.2. The highest BCUT2D eigenvalue weighted by Gasteiger charge is 2.40. The molecule has 31 heavy (non-hydrogen) atoms. The molecule has 2 aromatic carbocycles. The van der Waals surface area contributed by atoms with E-state index in [2.05, 4.69) is 0 Å². The number of hydrogen-bond donors (Lipinski definition) is 0. The summed E-state index contributed by atoms with van der Waals surface area (Å²) in [6.45, 7) is 3.36. The van der Waals surface area contributed by atoms with Crippen LogP contribution < -0.4 is 14.9 Å². The number of fused-ring (bicyclic) bond motifs is 1. The van der Waals surface area contributed by atoms with Crippen LogP contribution in [-0.4, -0.2) is 19.2 Å². The van der Waals surface area contributed by atoms with E-state index in [1.165, 1.54) is 24.3 Å². The Bertz CT molecular complexity index is 1150. The van der Waals surface area contributed by atoms with Crippen molar-refractivity contribution >= 4 is 16.9 Å². The van der Waals surface area contributed by atoms with E-state index >= 15 is 0 Å². The molecule has 0 fully saturated rings. The minimum absolute atomic E-state index is 0.0459. The first-order valence-corrected chi connectivity index (χ1v) is 9.40. The quantitative estimate of drug-likeness (QED) is 0.472. The molecule has 0 bridgehead atoms. The number of carbonyl (C=O) groups is 1. The summed E-state index contributed by atoms with van der Waals surface area (Å²) in [7, 11) is 0. The smallest absolute Gasteiger partial charge is 0.453 e. The minimum Gasteiger partial charge on any atom is -0.482 e. The van der Waals surface area contributed by atoms with Crippen molar-refractivity contribution in [3.8, 4) is 17.2 Å². The third-order valence-electron chi connectivity index (χ3n) is 4.11. The number of ether oxygens (including phenoxy) is 3. The van der Waals surface area contributed by atoms with Gasteiger partial charge in [0.2, 0.25) is 11.2 Å². The molecule has 0 aliphatic carbocycles. The normalized spacial score (nSPS) is 11.4. The van der Waals surface area contributed by atoms with Gasteiger partial charge in [0.25, 0.3) is 5.76 Å². The monoisotopic (exact) mass is 436 g/mol. The molecule has 0 N–H and O–H groups in total. The molecule has 0 unspecified atom stereocenters. The molecule has 0 radical (unpaired) electrons. The van der Waals surface area contributed by atoms with E-state index in [0.29, 0.717) is 6.42 Å². The molecule has 164 valence electrons. The van der Waals surface area contributed by atoms with Gasteiger partial charge in [0.15, 0.2) is 6.61 Å². The summed E-state index contributed by atoms with van der Waals surface area (Å²) in [6.07, 6.45) is -4.34. The van der Waals surface area contributed by atoms with Gasteiger partial charge >= 0.3 is 12.1 Å². The number of alkyl halides is 3. The lowest BCUT2D eigenvalue weighted by atomic mass is 10.2. The van der Waals surface area contributed by atoms with Crippen molar-refractivity contribution in [1.29, 1.82) is 0 Å². The molecule has 3 aromatic rings. The number of halogens is 3. The third-order valence-corrected chi connectivity index (χ3v) is 4.11. The molecule has 9 heteroatoms. The molecular formula is C22H19F3O6. The van der Waals surface area contributed by atoms with Gasteiger partial charge in [0, 0.05) is 6.07 Å². The fourth-order valence-corrected chi connectivity index (χ4v) is 2.72. The van der Waals surface area contributed by atoms with Gasteiger partial charge in [-0.2, -0.15) is 13.2 Å². The third kappa shape index (κ3) is 5.36. The Hall–Kier alpha value is -3.49. The first-order valence-electron chi connectivity index (χ1n) is 9.40. The van der Waals surface area contributed by atoms with Gasteiger partial charge in [0.05, 0.1) is 12.0 Å². The molecule has 3 rings (SSSR count). The number of esters is 1. The lowest BCUT2D eigenvalue weighted by Gasteiger charge is -2.14. The average Bonchev–Trinajstić information content (AvgIpc) is 2.71. The van der Waals surface area contributed by atoms with Crippen LogP contribution in [0.1, 0.15) is 24.7 Å². The van der Waals surface area contributed by atoms with E-state index in [-0.39, 0.29) is 29.1 Å². The Morgan fingerprint density at radius 3 is 2.55 bits per heavy atom. The van der Waals surface area contributed by atoms with Crippen LogP contribution >= 0.6 is 0 Å². The largest absolute Gasteiger partial charge is 0.482 e. The van der Waals surface area contributed by atoms with Crippen molar-refractivity contribution in [3.63, 3.8) is 0 Å². The Labute approximate surface area is 175 Å². The number of carbonyl (C=O) groups excluding carboxylic acids is 1. The van der Waals surface area contributed by atoms with Crippen LogP contribution in [0, 0.1) is 6.92 Å². The lowest BCUT2D eigenvalue weighted by Crippen LogP contribution is -2.16. The fraction of sp³-hybridized carbons (Fsp3) is 0.273. The van der Waals surface area contributed by atoms with Gasteiger partial charge < -0.3 is 18.6 Å². The number of hydrogen-bond acceptors (Lipinski definition) is 6. The first kappa shape index (κ1) is 22.2. The minimum atomic E-state index is -4.98. The van der Waals surface area contributed by atoms with E-state index in [1.807, 2.05) is 6.92 Å². The van der Waals surface area contributed by atoms with Crippen LogP contribution in [0.25, 0.3) is 11.0 Å². The van der Waals surface area contributed by atoms with Crippen LogP contribution in [0.5, 0.6) is 17.2 Å². The van der Waals surface area contributed by atoms with E-state index in [0.717, 1.165) is 11.6 Å². The van der Waals surface area contributed by atoms with E-state index in [9.17, 15) is 22.8 Å². The van der Waals surface area contributed by atoms with E-state index < -0.39 is 35.7 Å². The van der Waals surface area contributed by atoms with Gasteiger partial charge in [-0.1, -0.05) is 19.1 Å². The molecule has 0 atom stereocenters. The average molecular weight is 436 g/mol. The highest BCUT2D eigenvalue weighted by molar-refractivity contribution is 5.80. The second-order valence-corrected chi connectivity index (χ2v) is 6.67. The summed E-state index contributed by atoms with van der Waals surface area (Å²) in [6, 6.07) is 9.96. The summed E-state index contributed by atoms with van der Waals surface area (Å²) in [5.74, 6) is -3.03. The van der Waals surface area contributed by atoms with Crippen LogP contribution in [0.3, 0.4) is 0 Å². The summed E-state index contributed by atoms with van der Waals surface area (Å²) in [5, 5.41) is -0.128. The molecule has 0 aliphatic heterocycles. The highest BCUT2D eigenvalue weighted by atomic mass is 19.4. The zero-order chi connectivity index (χ0) is 22.6. The number of aryl methyl sites for hydroxylation is 1.